The van der Waals surface area contributed by atoms with Crippen molar-refractivity contribution in [2.24, 2.45) is 0 Å². The number of aromatic nitrogens is 3. The average Bonchev–Trinajstić information content (AvgIpc) is 2.81. The average molecular weight is 274 g/mol. The molecule has 0 spiro atoms. The van der Waals surface area contributed by atoms with E-state index in [9.17, 15) is 14.4 Å². The Labute approximate surface area is 112 Å². The van der Waals surface area contributed by atoms with Crippen molar-refractivity contribution >= 4 is 23.4 Å². The zero-order chi connectivity index (χ0) is 14.3. The fourth-order valence-electron chi connectivity index (χ4n) is 2.22. The lowest BCUT2D eigenvalue weighted by molar-refractivity contribution is -0.134. The Hall–Kier alpha value is -2.77. The third kappa shape index (κ3) is 1.91. The molecule has 8 nitrogen and oxygen atoms in total. The Morgan fingerprint density at radius 3 is 2.95 bits per heavy atom. The molecule has 1 aliphatic rings. The van der Waals surface area contributed by atoms with E-state index in [1.54, 1.807) is 6.07 Å². The number of hydrogen-bond donors (Lipinski definition) is 2. The Kier molecular flexibility index (Phi) is 2.70. The lowest BCUT2D eigenvalue weighted by atomic mass is 9.95. The number of piperidine rings is 1. The van der Waals surface area contributed by atoms with Gasteiger partial charge in [0.05, 0.1) is 11.6 Å². The van der Waals surface area contributed by atoms with Gasteiger partial charge in [0.2, 0.25) is 11.8 Å². The van der Waals surface area contributed by atoms with Crippen LogP contribution in [-0.2, 0) is 9.59 Å². The fourth-order valence-corrected chi connectivity index (χ4v) is 2.22. The van der Waals surface area contributed by atoms with Crippen LogP contribution >= 0.6 is 0 Å². The van der Waals surface area contributed by atoms with Crippen molar-refractivity contribution in [2.75, 3.05) is 0 Å². The molecule has 0 bridgehead atoms. The maximum atomic E-state index is 11.8. The minimum atomic E-state index is -1.13. The number of carboxylic acid groups (broad SMARTS) is 1. The number of carbonyl (C=O) groups excluding carboxylic acids is 2. The van der Waals surface area contributed by atoms with Gasteiger partial charge < -0.3 is 5.11 Å². The second kappa shape index (κ2) is 4.41. The maximum absolute atomic E-state index is 11.8. The van der Waals surface area contributed by atoms with Crippen LogP contribution in [0.15, 0.2) is 18.3 Å². The van der Waals surface area contributed by atoms with Crippen LogP contribution in [0.2, 0.25) is 0 Å². The lowest BCUT2D eigenvalue weighted by Gasteiger charge is -2.18. The van der Waals surface area contributed by atoms with Crippen molar-refractivity contribution < 1.29 is 19.5 Å². The monoisotopic (exact) mass is 274 g/mol. The molecule has 1 fully saturated rings. The van der Waals surface area contributed by atoms with E-state index in [-0.39, 0.29) is 18.0 Å². The zero-order valence-corrected chi connectivity index (χ0v) is 10.2. The molecule has 0 aromatic carbocycles. The number of carboxylic acids is 1. The Balaban J connectivity index is 2.05. The molecule has 8 heteroatoms. The third-order valence-electron chi connectivity index (χ3n) is 3.19. The largest absolute Gasteiger partial charge is 0.477 e. The highest BCUT2D eigenvalue weighted by Gasteiger charge is 2.30. The molecule has 1 unspecified atom stereocenters. The predicted octanol–water partition coefficient (Wildman–Crippen LogP) is -0.0523. The van der Waals surface area contributed by atoms with Crippen LogP contribution in [0.5, 0.6) is 0 Å². The smallest absolute Gasteiger partial charge is 0.354 e. The van der Waals surface area contributed by atoms with Gasteiger partial charge in [-0.25, -0.2) is 14.3 Å². The first-order valence-electron chi connectivity index (χ1n) is 5.98. The molecule has 2 aromatic rings. The molecular weight excluding hydrogens is 264 g/mol. The molecular formula is C12H10N4O4. The summed E-state index contributed by atoms with van der Waals surface area (Å²) in [7, 11) is 0. The predicted molar refractivity (Wildman–Crippen MR) is 65.1 cm³/mol. The number of rotatable bonds is 2. The number of fused-ring (bicyclic) bond motifs is 1. The first-order chi connectivity index (χ1) is 9.56. The fraction of sp³-hybridized carbons (Fsp3) is 0.250. The number of hydrogen-bond acceptors (Lipinski definition) is 5. The summed E-state index contributed by atoms with van der Waals surface area (Å²) in [5.41, 5.74) is 0.731. The van der Waals surface area contributed by atoms with E-state index in [4.69, 9.17) is 5.11 Å². The molecule has 0 saturated carbocycles. The van der Waals surface area contributed by atoms with E-state index in [0.29, 0.717) is 17.8 Å². The summed E-state index contributed by atoms with van der Waals surface area (Å²) in [6, 6.07) is 2.89. The van der Waals surface area contributed by atoms with Gasteiger partial charge in [0.1, 0.15) is 0 Å². The second-order valence-electron chi connectivity index (χ2n) is 4.48. The van der Waals surface area contributed by atoms with Crippen LogP contribution in [-0.4, -0.2) is 37.5 Å². The number of aromatic carboxylic acids is 1. The van der Waals surface area contributed by atoms with E-state index >= 15 is 0 Å². The molecule has 1 aliphatic heterocycles. The molecule has 1 saturated heterocycles. The van der Waals surface area contributed by atoms with Crippen LogP contribution in [0, 0.1) is 0 Å². The summed E-state index contributed by atoms with van der Waals surface area (Å²) in [5.74, 6) is -2.41. The number of nitrogens with zero attached hydrogens (tertiary/aromatic N) is 3. The summed E-state index contributed by atoms with van der Waals surface area (Å²) >= 11 is 0. The second-order valence-corrected chi connectivity index (χ2v) is 4.48. The Bertz CT molecular complexity index is 736. The summed E-state index contributed by atoms with van der Waals surface area (Å²) < 4.78 is 1.18. The van der Waals surface area contributed by atoms with Gasteiger partial charge in [-0.15, -0.1) is 0 Å². The molecule has 0 aliphatic carbocycles. The van der Waals surface area contributed by atoms with Crippen LogP contribution in [0.4, 0.5) is 0 Å². The van der Waals surface area contributed by atoms with Gasteiger partial charge >= 0.3 is 5.97 Å². The first kappa shape index (κ1) is 12.3. The summed E-state index contributed by atoms with van der Waals surface area (Å²) in [6.45, 7) is 0. The van der Waals surface area contributed by atoms with Crippen molar-refractivity contribution in [1.29, 1.82) is 0 Å². The zero-order valence-electron chi connectivity index (χ0n) is 10.2. The highest BCUT2D eigenvalue weighted by Crippen LogP contribution is 2.24. The van der Waals surface area contributed by atoms with Gasteiger partial charge in [-0.05, 0) is 12.5 Å². The Morgan fingerprint density at radius 1 is 1.45 bits per heavy atom. The van der Waals surface area contributed by atoms with E-state index < -0.39 is 17.8 Å². The SMILES string of the molecule is O=C1CCC(c2cc3nccc(C(=O)O)n3n2)C(=O)N1. The molecule has 3 heterocycles. The van der Waals surface area contributed by atoms with E-state index in [1.807, 2.05) is 0 Å². The van der Waals surface area contributed by atoms with Crippen LogP contribution in [0.1, 0.15) is 34.9 Å². The van der Waals surface area contributed by atoms with Crippen molar-refractivity contribution in [3.05, 3.63) is 29.7 Å². The number of imide groups is 1. The molecule has 2 aromatic heterocycles. The van der Waals surface area contributed by atoms with Crippen molar-refractivity contribution in [3.8, 4) is 0 Å². The van der Waals surface area contributed by atoms with Gasteiger partial charge in [-0.1, -0.05) is 0 Å². The molecule has 3 rings (SSSR count). The van der Waals surface area contributed by atoms with E-state index in [0.717, 1.165) is 0 Å². The highest BCUT2D eigenvalue weighted by atomic mass is 16.4. The first-order valence-corrected chi connectivity index (χ1v) is 5.98. The molecule has 102 valence electrons. The van der Waals surface area contributed by atoms with Crippen molar-refractivity contribution in [1.82, 2.24) is 19.9 Å². The molecule has 0 radical (unpaired) electrons. The minimum Gasteiger partial charge on any atom is -0.477 e. The number of nitrogens with one attached hydrogen (secondary N) is 1. The quantitative estimate of drug-likeness (QED) is 0.742. The molecule has 20 heavy (non-hydrogen) atoms. The van der Waals surface area contributed by atoms with Crippen molar-refractivity contribution in [2.45, 2.75) is 18.8 Å². The summed E-state index contributed by atoms with van der Waals surface area (Å²) in [6.07, 6.45) is 1.97. The molecule has 2 amide bonds. The van der Waals surface area contributed by atoms with E-state index in [1.165, 1.54) is 16.8 Å². The minimum absolute atomic E-state index is 0.0338. The normalized spacial score (nSPS) is 19.1. The number of amides is 2. The standard InChI is InChI=1S/C12H10N4O4/c17-10-2-1-6(11(18)14-10)7-5-9-13-4-3-8(12(19)20)16(9)15-7/h3-6H,1-2H2,(H,19,20)(H,14,17,18). The van der Waals surface area contributed by atoms with Gasteiger partial charge in [0.25, 0.3) is 0 Å². The molecule has 2 N–H and O–H groups in total. The van der Waals surface area contributed by atoms with Crippen molar-refractivity contribution in [3.63, 3.8) is 0 Å². The summed E-state index contributed by atoms with van der Waals surface area (Å²) in [4.78, 5) is 38.0. The topological polar surface area (TPSA) is 114 Å². The third-order valence-corrected chi connectivity index (χ3v) is 3.19. The molecule has 1 atom stereocenters. The van der Waals surface area contributed by atoms with Crippen LogP contribution < -0.4 is 5.32 Å². The number of carbonyl (C=O) groups is 3. The maximum Gasteiger partial charge on any atom is 0.354 e. The van der Waals surface area contributed by atoms with Gasteiger partial charge in [0.15, 0.2) is 11.3 Å². The van der Waals surface area contributed by atoms with E-state index in [2.05, 4.69) is 15.4 Å². The highest BCUT2D eigenvalue weighted by molar-refractivity contribution is 6.00. The van der Waals surface area contributed by atoms with Crippen LogP contribution in [0.25, 0.3) is 5.65 Å². The summed E-state index contributed by atoms with van der Waals surface area (Å²) in [5, 5.41) is 15.5. The van der Waals surface area contributed by atoms with Crippen LogP contribution in [0.3, 0.4) is 0 Å². The Morgan fingerprint density at radius 2 is 2.25 bits per heavy atom. The van der Waals surface area contributed by atoms with Gasteiger partial charge in [-0.3, -0.25) is 14.9 Å². The lowest BCUT2D eigenvalue weighted by Crippen LogP contribution is -2.39. The van der Waals surface area contributed by atoms with Gasteiger partial charge in [0, 0.05) is 18.7 Å². The van der Waals surface area contributed by atoms with Gasteiger partial charge in [-0.2, -0.15) is 5.10 Å².